The number of aryl methyl sites for hydroxylation is 1. The molecule has 8 heteroatoms. The Morgan fingerprint density at radius 3 is 2.50 bits per heavy atom. The maximum absolute atomic E-state index is 12.0. The molecule has 7 nitrogen and oxygen atoms in total. The van der Waals surface area contributed by atoms with E-state index in [0.717, 1.165) is 11.3 Å². The number of nitrogens with zero attached hydrogens (tertiary/aromatic N) is 3. The predicted molar refractivity (Wildman–Crippen MR) is 116 cm³/mol. The normalized spacial score (nSPS) is 10.9. The molecule has 156 valence electrons. The van der Waals surface area contributed by atoms with Gasteiger partial charge in [-0.2, -0.15) is 10.2 Å². The molecule has 0 aliphatic heterocycles. The second-order valence-electron chi connectivity index (χ2n) is 6.39. The summed E-state index contributed by atoms with van der Waals surface area (Å²) in [7, 11) is 0. The number of rotatable bonds is 9. The molecule has 0 radical (unpaired) electrons. The molecule has 3 rings (SSSR count). The Morgan fingerprint density at radius 1 is 1.13 bits per heavy atom. The highest BCUT2D eigenvalue weighted by Gasteiger charge is 2.12. The number of hydrogen-bond donors (Lipinski definition) is 1. The summed E-state index contributed by atoms with van der Waals surface area (Å²) in [6.07, 6.45) is 1.48. The lowest BCUT2D eigenvalue weighted by Crippen LogP contribution is -2.24. The van der Waals surface area contributed by atoms with Crippen molar-refractivity contribution >= 4 is 23.7 Å². The number of ether oxygens (including phenoxy) is 2. The molecule has 3 aromatic rings. The van der Waals surface area contributed by atoms with Crippen molar-refractivity contribution in [2.24, 2.45) is 5.10 Å². The van der Waals surface area contributed by atoms with Crippen molar-refractivity contribution in [3.05, 3.63) is 76.6 Å². The zero-order valence-corrected chi connectivity index (χ0v) is 17.6. The number of benzene rings is 2. The third kappa shape index (κ3) is 5.61. The molecule has 2 aromatic carbocycles. The first-order valence-corrected chi connectivity index (χ1v) is 9.89. The van der Waals surface area contributed by atoms with Crippen LogP contribution in [-0.4, -0.2) is 35.1 Å². The summed E-state index contributed by atoms with van der Waals surface area (Å²) in [6, 6.07) is 17.1. The van der Waals surface area contributed by atoms with Crippen molar-refractivity contribution in [1.82, 2.24) is 15.2 Å². The molecule has 1 aromatic heterocycles. The number of hydrazone groups is 1. The summed E-state index contributed by atoms with van der Waals surface area (Å²) in [6.45, 7) is 4.59. The van der Waals surface area contributed by atoms with Crippen LogP contribution in [-0.2, 0) is 11.3 Å². The highest BCUT2D eigenvalue weighted by atomic mass is 35.5. The summed E-state index contributed by atoms with van der Waals surface area (Å²) in [5.74, 6) is 0.687. The number of halogens is 1. The molecule has 1 amide bonds. The largest absolute Gasteiger partial charge is 0.490 e. The molecule has 0 aliphatic carbocycles. The lowest BCUT2D eigenvalue weighted by atomic mass is 10.2. The van der Waals surface area contributed by atoms with Gasteiger partial charge in [-0.05, 0) is 31.5 Å². The number of carbonyl (C=O) groups is 1. The van der Waals surface area contributed by atoms with Crippen LogP contribution in [0.25, 0.3) is 0 Å². The first-order chi connectivity index (χ1) is 14.6. The van der Waals surface area contributed by atoms with Crippen LogP contribution >= 0.6 is 11.6 Å². The molecular formula is C22H23ClN4O3. The number of nitrogens with one attached hydrogen (secondary N) is 1. The van der Waals surface area contributed by atoms with Crippen LogP contribution in [0.15, 0.2) is 59.7 Å². The van der Waals surface area contributed by atoms with E-state index in [0.29, 0.717) is 35.4 Å². The van der Waals surface area contributed by atoms with Gasteiger partial charge in [-0.25, -0.2) is 10.1 Å². The zero-order valence-electron chi connectivity index (χ0n) is 16.8. The Bertz CT molecular complexity index is 1020. The molecule has 0 fully saturated rings. The van der Waals surface area contributed by atoms with E-state index in [9.17, 15) is 4.79 Å². The zero-order chi connectivity index (χ0) is 21.3. The van der Waals surface area contributed by atoms with Gasteiger partial charge in [-0.3, -0.25) is 4.79 Å². The molecule has 0 aliphatic rings. The van der Waals surface area contributed by atoms with Gasteiger partial charge in [0.15, 0.2) is 18.1 Å². The maximum atomic E-state index is 12.0. The highest BCUT2D eigenvalue weighted by Crippen LogP contribution is 2.26. The summed E-state index contributed by atoms with van der Waals surface area (Å²) in [4.78, 5) is 12.0. The fourth-order valence-electron chi connectivity index (χ4n) is 2.76. The average Bonchev–Trinajstić information content (AvgIpc) is 3.01. The Hall–Kier alpha value is -3.32. The van der Waals surface area contributed by atoms with Crippen LogP contribution in [0.4, 0.5) is 0 Å². The second kappa shape index (κ2) is 10.5. The SMILES string of the molecule is CCOc1ccccc1OCC(=O)N/N=C/c1c(C)nn(Cc2ccccc2)c1Cl. The fourth-order valence-corrected chi connectivity index (χ4v) is 3.05. The van der Waals surface area contributed by atoms with E-state index in [2.05, 4.69) is 15.6 Å². The van der Waals surface area contributed by atoms with E-state index < -0.39 is 5.91 Å². The van der Waals surface area contributed by atoms with Gasteiger partial charge in [0.1, 0.15) is 5.15 Å². The summed E-state index contributed by atoms with van der Waals surface area (Å²) in [5.41, 5.74) is 4.89. The van der Waals surface area contributed by atoms with E-state index in [1.807, 2.05) is 56.3 Å². The van der Waals surface area contributed by atoms with Crippen LogP contribution in [0.5, 0.6) is 11.5 Å². The van der Waals surface area contributed by atoms with Gasteiger partial charge >= 0.3 is 0 Å². The molecule has 0 bridgehead atoms. The topological polar surface area (TPSA) is 77.7 Å². The van der Waals surface area contributed by atoms with Gasteiger partial charge in [0.2, 0.25) is 0 Å². The van der Waals surface area contributed by atoms with Crippen molar-refractivity contribution in [2.75, 3.05) is 13.2 Å². The fraction of sp³-hybridized carbons (Fsp3) is 0.227. The number of carbonyl (C=O) groups excluding carboxylic acids is 1. The Morgan fingerprint density at radius 2 is 1.80 bits per heavy atom. The minimum Gasteiger partial charge on any atom is -0.490 e. The monoisotopic (exact) mass is 426 g/mol. The van der Waals surface area contributed by atoms with Crippen molar-refractivity contribution < 1.29 is 14.3 Å². The minimum absolute atomic E-state index is 0.193. The second-order valence-corrected chi connectivity index (χ2v) is 6.75. The van der Waals surface area contributed by atoms with E-state index in [1.165, 1.54) is 6.21 Å². The molecule has 30 heavy (non-hydrogen) atoms. The van der Waals surface area contributed by atoms with E-state index in [-0.39, 0.29) is 6.61 Å². The Kier molecular flexibility index (Phi) is 7.45. The molecular weight excluding hydrogens is 404 g/mol. The minimum atomic E-state index is -0.400. The molecule has 0 spiro atoms. The van der Waals surface area contributed by atoms with Crippen molar-refractivity contribution in [2.45, 2.75) is 20.4 Å². The maximum Gasteiger partial charge on any atom is 0.277 e. The van der Waals surface area contributed by atoms with Gasteiger partial charge in [0, 0.05) is 0 Å². The van der Waals surface area contributed by atoms with Crippen LogP contribution < -0.4 is 14.9 Å². The van der Waals surface area contributed by atoms with Crippen LogP contribution in [0.1, 0.15) is 23.7 Å². The van der Waals surface area contributed by atoms with Crippen LogP contribution in [0, 0.1) is 6.92 Å². The molecule has 1 N–H and O–H groups in total. The van der Waals surface area contributed by atoms with Crippen LogP contribution in [0.3, 0.4) is 0 Å². The Balaban J connectivity index is 1.57. The Labute approximate surface area is 180 Å². The standard InChI is InChI=1S/C22H23ClN4O3/c1-3-29-19-11-7-8-12-20(19)30-15-21(28)25-24-13-18-16(2)26-27(22(18)23)14-17-9-5-4-6-10-17/h4-13H,3,14-15H2,1-2H3,(H,25,28)/b24-13+. The lowest BCUT2D eigenvalue weighted by molar-refractivity contribution is -0.123. The van der Waals surface area contributed by atoms with Gasteiger partial charge in [0.25, 0.3) is 5.91 Å². The predicted octanol–water partition coefficient (Wildman–Crippen LogP) is 3.82. The third-order valence-corrected chi connectivity index (χ3v) is 4.57. The number of amides is 1. The highest BCUT2D eigenvalue weighted by molar-refractivity contribution is 6.32. The van der Waals surface area contributed by atoms with Crippen molar-refractivity contribution in [3.8, 4) is 11.5 Å². The quantitative estimate of drug-likeness (QED) is 0.416. The van der Waals surface area contributed by atoms with Gasteiger partial charge in [-0.1, -0.05) is 54.1 Å². The molecule has 1 heterocycles. The summed E-state index contributed by atoms with van der Waals surface area (Å²) in [5, 5.41) is 8.88. The summed E-state index contributed by atoms with van der Waals surface area (Å²) < 4.78 is 12.7. The average molecular weight is 427 g/mol. The molecule has 0 atom stereocenters. The van der Waals surface area contributed by atoms with Crippen molar-refractivity contribution in [1.29, 1.82) is 0 Å². The molecule has 0 saturated heterocycles. The van der Waals surface area contributed by atoms with E-state index in [4.69, 9.17) is 21.1 Å². The number of aromatic nitrogens is 2. The van der Waals surface area contributed by atoms with Gasteiger partial charge in [-0.15, -0.1) is 0 Å². The van der Waals surface area contributed by atoms with Crippen LogP contribution in [0.2, 0.25) is 5.15 Å². The van der Waals surface area contributed by atoms with Gasteiger partial charge < -0.3 is 9.47 Å². The van der Waals surface area contributed by atoms with Gasteiger partial charge in [0.05, 0.1) is 30.6 Å². The first kappa shape index (κ1) is 21.4. The third-order valence-electron chi connectivity index (χ3n) is 4.18. The smallest absolute Gasteiger partial charge is 0.277 e. The summed E-state index contributed by atoms with van der Waals surface area (Å²) >= 11 is 6.44. The van der Waals surface area contributed by atoms with E-state index in [1.54, 1.807) is 16.8 Å². The van der Waals surface area contributed by atoms with Crippen molar-refractivity contribution in [3.63, 3.8) is 0 Å². The number of para-hydroxylation sites is 2. The lowest BCUT2D eigenvalue weighted by Gasteiger charge is -2.10. The number of hydrogen-bond acceptors (Lipinski definition) is 5. The molecule has 0 unspecified atom stereocenters. The molecule has 0 saturated carbocycles. The van der Waals surface area contributed by atoms with E-state index >= 15 is 0 Å². The first-order valence-electron chi connectivity index (χ1n) is 9.51.